The van der Waals surface area contributed by atoms with Crippen LogP contribution in [0.3, 0.4) is 0 Å². The number of nitrogens with zero attached hydrogens (tertiary/aromatic N) is 1. The van der Waals surface area contributed by atoms with Gasteiger partial charge in [-0.15, -0.1) is 0 Å². The van der Waals surface area contributed by atoms with Crippen molar-refractivity contribution in [2.75, 3.05) is 17.7 Å². The quantitative estimate of drug-likeness (QED) is 0.730. The number of benzene rings is 1. The molecule has 4 nitrogen and oxygen atoms in total. The highest BCUT2D eigenvalue weighted by atomic mass is 32.2. The first-order chi connectivity index (χ1) is 11.2. The molecule has 23 heavy (non-hydrogen) atoms. The van der Waals surface area contributed by atoms with Gasteiger partial charge in [0.1, 0.15) is 5.82 Å². The second kappa shape index (κ2) is 9.33. The molecule has 0 fully saturated rings. The highest BCUT2D eigenvalue weighted by Gasteiger charge is 2.06. The third-order valence-corrected chi connectivity index (χ3v) is 4.49. The Balaban J connectivity index is 1.85. The summed E-state index contributed by atoms with van der Waals surface area (Å²) in [5.41, 5.74) is 3.50. The molecular formula is C18H22N2O2S. The van der Waals surface area contributed by atoms with Crippen molar-refractivity contribution in [2.45, 2.75) is 25.5 Å². The number of amides is 1. The van der Waals surface area contributed by atoms with Crippen LogP contribution in [0.4, 0.5) is 5.82 Å². The first-order valence-electron chi connectivity index (χ1n) is 7.67. The smallest absolute Gasteiger partial charge is 0.225 e. The molecule has 0 aliphatic heterocycles. The summed E-state index contributed by atoms with van der Waals surface area (Å²) in [5, 5.41) is 11.7. The van der Waals surface area contributed by atoms with E-state index in [2.05, 4.69) is 29.4 Å². The van der Waals surface area contributed by atoms with Crippen LogP contribution in [-0.2, 0) is 17.0 Å². The Morgan fingerprint density at radius 1 is 1.30 bits per heavy atom. The van der Waals surface area contributed by atoms with Crippen molar-refractivity contribution in [3.63, 3.8) is 0 Å². The van der Waals surface area contributed by atoms with Crippen molar-refractivity contribution >= 4 is 23.5 Å². The Hall–Kier alpha value is -1.85. The SMILES string of the molecule is Cc1ccccc1CCC(=O)Nc1cc(CSCCO)ccn1. The number of hydrogen-bond donors (Lipinski definition) is 2. The van der Waals surface area contributed by atoms with Crippen molar-refractivity contribution < 1.29 is 9.90 Å². The number of nitrogens with one attached hydrogen (secondary N) is 1. The summed E-state index contributed by atoms with van der Waals surface area (Å²) >= 11 is 1.65. The normalized spacial score (nSPS) is 10.5. The van der Waals surface area contributed by atoms with E-state index < -0.39 is 0 Å². The Labute approximate surface area is 141 Å². The summed E-state index contributed by atoms with van der Waals surface area (Å²) in [4.78, 5) is 16.3. The number of anilines is 1. The van der Waals surface area contributed by atoms with E-state index in [1.54, 1.807) is 18.0 Å². The highest BCUT2D eigenvalue weighted by molar-refractivity contribution is 7.98. The molecule has 0 spiro atoms. The number of thioether (sulfide) groups is 1. The molecule has 2 rings (SSSR count). The third kappa shape index (κ3) is 6.04. The van der Waals surface area contributed by atoms with Crippen LogP contribution in [0.5, 0.6) is 0 Å². The van der Waals surface area contributed by atoms with Gasteiger partial charge in [0.15, 0.2) is 0 Å². The zero-order valence-corrected chi connectivity index (χ0v) is 14.1. The highest BCUT2D eigenvalue weighted by Crippen LogP contribution is 2.15. The molecule has 1 amide bonds. The number of carbonyl (C=O) groups excluding carboxylic acids is 1. The van der Waals surface area contributed by atoms with Crippen LogP contribution in [-0.4, -0.2) is 28.4 Å². The lowest BCUT2D eigenvalue weighted by atomic mass is 10.0. The molecule has 1 aromatic heterocycles. The van der Waals surface area contributed by atoms with Crippen LogP contribution in [0.2, 0.25) is 0 Å². The fourth-order valence-corrected chi connectivity index (χ4v) is 2.92. The van der Waals surface area contributed by atoms with E-state index in [0.29, 0.717) is 18.0 Å². The minimum Gasteiger partial charge on any atom is -0.396 e. The number of carbonyl (C=O) groups is 1. The lowest BCUT2D eigenvalue weighted by Crippen LogP contribution is -2.13. The molecule has 2 N–H and O–H groups in total. The molecule has 0 bridgehead atoms. The van der Waals surface area contributed by atoms with Crippen LogP contribution in [0.15, 0.2) is 42.6 Å². The first-order valence-corrected chi connectivity index (χ1v) is 8.82. The maximum Gasteiger partial charge on any atom is 0.225 e. The average molecular weight is 330 g/mol. The predicted octanol–water partition coefficient (Wildman–Crippen LogP) is 3.19. The molecule has 122 valence electrons. The van der Waals surface area contributed by atoms with Gasteiger partial charge in [0, 0.05) is 24.1 Å². The molecule has 1 heterocycles. The van der Waals surface area contributed by atoms with E-state index >= 15 is 0 Å². The number of pyridine rings is 1. The van der Waals surface area contributed by atoms with Crippen LogP contribution < -0.4 is 5.32 Å². The average Bonchev–Trinajstić information content (AvgIpc) is 2.55. The molecule has 0 saturated carbocycles. The fourth-order valence-electron chi connectivity index (χ4n) is 2.23. The van der Waals surface area contributed by atoms with Gasteiger partial charge >= 0.3 is 0 Å². The van der Waals surface area contributed by atoms with Gasteiger partial charge in [-0.2, -0.15) is 11.8 Å². The largest absolute Gasteiger partial charge is 0.396 e. The summed E-state index contributed by atoms with van der Waals surface area (Å²) in [6.45, 7) is 2.24. The Morgan fingerprint density at radius 3 is 2.91 bits per heavy atom. The monoisotopic (exact) mass is 330 g/mol. The number of aliphatic hydroxyl groups excluding tert-OH is 1. The maximum absolute atomic E-state index is 12.1. The van der Waals surface area contributed by atoms with Crippen molar-refractivity contribution in [2.24, 2.45) is 0 Å². The van der Waals surface area contributed by atoms with E-state index in [1.165, 1.54) is 11.1 Å². The molecule has 0 aliphatic rings. The van der Waals surface area contributed by atoms with Crippen LogP contribution >= 0.6 is 11.8 Å². The second-order valence-electron chi connectivity index (χ2n) is 5.30. The van der Waals surface area contributed by atoms with Gasteiger partial charge in [0.2, 0.25) is 5.91 Å². The van der Waals surface area contributed by atoms with Crippen LogP contribution in [0.25, 0.3) is 0 Å². The lowest BCUT2D eigenvalue weighted by molar-refractivity contribution is -0.116. The first kappa shape index (κ1) is 17.5. The van der Waals surface area contributed by atoms with E-state index in [9.17, 15) is 4.79 Å². The number of hydrogen-bond acceptors (Lipinski definition) is 4. The zero-order chi connectivity index (χ0) is 16.5. The van der Waals surface area contributed by atoms with E-state index in [0.717, 1.165) is 17.7 Å². The fraction of sp³-hybridized carbons (Fsp3) is 0.333. The third-order valence-electron chi connectivity index (χ3n) is 3.48. The van der Waals surface area contributed by atoms with E-state index in [4.69, 9.17) is 5.11 Å². The zero-order valence-electron chi connectivity index (χ0n) is 13.3. The summed E-state index contributed by atoms with van der Waals surface area (Å²) < 4.78 is 0. The molecule has 5 heteroatoms. The summed E-state index contributed by atoms with van der Waals surface area (Å²) in [5.74, 6) is 2.07. The maximum atomic E-state index is 12.1. The van der Waals surface area contributed by atoms with Gasteiger partial charge in [-0.1, -0.05) is 24.3 Å². The summed E-state index contributed by atoms with van der Waals surface area (Å²) in [7, 11) is 0. The Kier molecular flexibility index (Phi) is 7.10. The van der Waals surface area contributed by atoms with Crippen molar-refractivity contribution in [3.05, 3.63) is 59.3 Å². The molecule has 0 unspecified atom stereocenters. The van der Waals surface area contributed by atoms with Gasteiger partial charge in [-0.3, -0.25) is 4.79 Å². The van der Waals surface area contributed by atoms with E-state index in [1.807, 2.05) is 24.3 Å². The van der Waals surface area contributed by atoms with Crippen LogP contribution in [0, 0.1) is 6.92 Å². The molecule has 0 aliphatic carbocycles. The standard InChI is InChI=1S/C18H22N2O2S/c1-14-4-2-3-5-16(14)6-7-18(22)20-17-12-15(8-9-19-17)13-23-11-10-21/h2-5,8-9,12,21H,6-7,10-11,13H2,1H3,(H,19,20,22). The molecule has 1 aromatic carbocycles. The van der Waals surface area contributed by atoms with Crippen molar-refractivity contribution in [1.29, 1.82) is 0 Å². The molecular weight excluding hydrogens is 308 g/mol. The topological polar surface area (TPSA) is 62.2 Å². The summed E-state index contributed by atoms with van der Waals surface area (Å²) in [6.07, 6.45) is 2.87. The molecule has 2 aromatic rings. The molecule has 0 radical (unpaired) electrons. The number of aromatic nitrogens is 1. The second-order valence-corrected chi connectivity index (χ2v) is 6.41. The Bertz CT molecular complexity index is 646. The molecule has 0 saturated heterocycles. The molecule has 0 atom stereocenters. The number of aliphatic hydroxyl groups is 1. The van der Waals surface area contributed by atoms with Crippen LogP contribution in [0.1, 0.15) is 23.1 Å². The van der Waals surface area contributed by atoms with Crippen molar-refractivity contribution in [1.82, 2.24) is 4.98 Å². The minimum atomic E-state index is -0.0269. The minimum absolute atomic E-state index is 0.0269. The summed E-state index contributed by atoms with van der Waals surface area (Å²) in [6, 6.07) is 11.9. The van der Waals surface area contributed by atoms with Gasteiger partial charge in [-0.05, 0) is 42.2 Å². The number of rotatable bonds is 8. The van der Waals surface area contributed by atoms with Gasteiger partial charge < -0.3 is 10.4 Å². The van der Waals surface area contributed by atoms with Gasteiger partial charge in [-0.25, -0.2) is 4.98 Å². The van der Waals surface area contributed by atoms with Gasteiger partial charge in [0.25, 0.3) is 0 Å². The number of aryl methyl sites for hydroxylation is 2. The predicted molar refractivity (Wildman–Crippen MR) is 95.6 cm³/mol. The lowest BCUT2D eigenvalue weighted by Gasteiger charge is -2.08. The van der Waals surface area contributed by atoms with E-state index in [-0.39, 0.29) is 12.5 Å². The Morgan fingerprint density at radius 2 is 2.13 bits per heavy atom. The van der Waals surface area contributed by atoms with Crippen molar-refractivity contribution in [3.8, 4) is 0 Å². The van der Waals surface area contributed by atoms with Gasteiger partial charge in [0.05, 0.1) is 6.61 Å².